The number of methoxy groups -OCH3 is 1. The Labute approximate surface area is 201 Å². The van der Waals surface area contributed by atoms with Crippen molar-refractivity contribution in [2.45, 2.75) is 20.8 Å². The van der Waals surface area contributed by atoms with Gasteiger partial charge in [-0.15, -0.1) is 0 Å². The third-order valence-corrected chi connectivity index (χ3v) is 6.16. The number of esters is 1. The van der Waals surface area contributed by atoms with E-state index in [1.54, 1.807) is 23.1 Å². The Bertz CT molecular complexity index is 1120. The second-order valence-corrected chi connectivity index (χ2v) is 9.02. The van der Waals surface area contributed by atoms with Gasteiger partial charge in [-0.2, -0.15) is 0 Å². The number of amides is 1. The molecule has 2 aromatic rings. The molecule has 1 fully saturated rings. The van der Waals surface area contributed by atoms with Crippen LogP contribution in [-0.2, 0) is 14.3 Å². The topological polar surface area (TPSA) is 65.1 Å². The Kier molecular flexibility index (Phi) is 7.82. The number of hydrogen-bond donors (Lipinski definition) is 0. The van der Waals surface area contributed by atoms with Gasteiger partial charge in [-0.05, 0) is 56.2 Å². The lowest BCUT2D eigenvalue weighted by atomic mass is 10.1. The van der Waals surface area contributed by atoms with Crippen molar-refractivity contribution in [1.82, 2.24) is 0 Å². The highest BCUT2D eigenvalue weighted by atomic mass is 35.5. The van der Waals surface area contributed by atoms with Crippen molar-refractivity contribution in [3.63, 3.8) is 0 Å². The first-order valence-electron chi connectivity index (χ1n) is 9.76. The molecule has 0 N–H and O–H groups in total. The summed E-state index contributed by atoms with van der Waals surface area (Å²) < 4.78 is 16.2. The summed E-state index contributed by atoms with van der Waals surface area (Å²) in [6, 6.07) is 9.20. The molecule has 1 aliphatic heterocycles. The minimum absolute atomic E-state index is 0.202. The average Bonchev–Trinajstić information content (AvgIpc) is 3.00. The fourth-order valence-electron chi connectivity index (χ4n) is 3.15. The number of aryl methyl sites for hydroxylation is 2. The predicted molar refractivity (Wildman–Crippen MR) is 132 cm³/mol. The van der Waals surface area contributed by atoms with Crippen LogP contribution in [0, 0.1) is 13.8 Å². The summed E-state index contributed by atoms with van der Waals surface area (Å²) in [6.07, 6.45) is 1.71. The molecule has 0 unspecified atom stereocenters. The van der Waals surface area contributed by atoms with E-state index >= 15 is 0 Å². The number of benzene rings is 2. The number of anilines is 1. The Balaban J connectivity index is 1.92. The van der Waals surface area contributed by atoms with Crippen molar-refractivity contribution in [3.05, 3.63) is 56.9 Å². The molecule has 0 atom stereocenters. The summed E-state index contributed by atoms with van der Waals surface area (Å²) in [5, 5.41) is 0.246. The van der Waals surface area contributed by atoms with E-state index < -0.39 is 5.97 Å². The van der Waals surface area contributed by atoms with Gasteiger partial charge in [0.25, 0.3) is 5.91 Å². The van der Waals surface area contributed by atoms with E-state index in [1.807, 2.05) is 39.0 Å². The molecule has 3 rings (SSSR count). The maximum Gasteiger partial charge on any atom is 0.343 e. The SMILES string of the molecule is CCOc1cc(/C=C2/SC(=S)N(c3ccc(C)cc3C)C2=O)cc(Cl)c1OCC(=O)OC. The maximum absolute atomic E-state index is 13.1. The third kappa shape index (κ3) is 5.26. The van der Waals surface area contributed by atoms with Crippen molar-refractivity contribution in [2.75, 3.05) is 25.2 Å². The molecular formula is C23H22ClNO5S2. The smallest absolute Gasteiger partial charge is 0.343 e. The lowest BCUT2D eigenvalue weighted by molar-refractivity contribution is -0.142. The highest BCUT2D eigenvalue weighted by molar-refractivity contribution is 8.27. The monoisotopic (exact) mass is 491 g/mol. The average molecular weight is 492 g/mol. The van der Waals surface area contributed by atoms with Gasteiger partial charge in [0.05, 0.1) is 29.3 Å². The number of halogens is 1. The molecule has 32 heavy (non-hydrogen) atoms. The number of thiocarbonyl (C=S) groups is 1. The molecule has 0 bridgehead atoms. The number of hydrogen-bond acceptors (Lipinski definition) is 7. The molecule has 0 aromatic heterocycles. The van der Waals surface area contributed by atoms with Gasteiger partial charge in [-0.1, -0.05) is 53.3 Å². The van der Waals surface area contributed by atoms with Crippen LogP contribution in [0.15, 0.2) is 35.2 Å². The van der Waals surface area contributed by atoms with E-state index in [0.29, 0.717) is 27.1 Å². The second kappa shape index (κ2) is 10.4. The normalized spacial score (nSPS) is 14.8. The first kappa shape index (κ1) is 24.1. The van der Waals surface area contributed by atoms with Gasteiger partial charge < -0.3 is 14.2 Å². The van der Waals surface area contributed by atoms with E-state index in [1.165, 1.54) is 18.9 Å². The first-order valence-corrected chi connectivity index (χ1v) is 11.4. The van der Waals surface area contributed by atoms with Crippen molar-refractivity contribution in [1.29, 1.82) is 0 Å². The Morgan fingerprint density at radius 2 is 1.97 bits per heavy atom. The van der Waals surface area contributed by atoms with Crippen LogP contribution in [0.5, 0.6) is 11.5 Å². The molecule has 1 heterocycles. The third-order valence-electron chi connectivity index (χ3n) is 4.58. The molecule has 168 valence electrons. The molecule has 0 radical (unpaired) electrons. The summed E-state index contributed by atoms with van der Waals surface area (Å²) in [4.78, 5) is 26.6. The summed E-state index contributed by atoms with van der Waals surface area (Å²) in [6.45, 7) is 5.83. The van der Waals surface area contributed by atoms with Crippen molar-refractivity contribution < 1.29 is 23.8 Å². The lowest BCUT2D eigenvalue weighted by Crippen LogP contribution is -2.28. The zero-order chi connectivity index (χ0) is 23.4. The van der Waals surface area contributed by atoms with Crippen LogP contribution in [-0.4, -0.2) is 36.5 Å². The quantitative estimate of drug-likeness (QED) is 0.295. The minimum atomic E-state index is -0.539. The van der Waals surface area contributed by atoms with Gasteiger partial charge in [-0.3, -0.25) is 9.69 Å². The molecule has 2 aromatic carbocycles. The van der Waals surface area contributed by atoms with Crippen LogP contribution < -0.4 is 14.4 Å². The van der Waals surface area contributed by atoms with Gasteiger partial charge in [0, 0.05) is 0 Å². The molecule has 1 amide bonds. The predicted octanol–water partition coefficient (Wildman–Crippen LogP) is 5.31. The van der Waals surface area contributed by atoms with Crippen molar-refractivity contribution in [2.24, 2.45) is 0 Å². The van der Waals surface area contributed by atoms with Crippen LogP contribution in [0.3, 0.4) is 0 Å². The molecule has 0 saturated carbocycles. The van der Waals surface area contributed by atoms with E-state index in [4.69, 9.17) is 33.3 Å². The van der Waals surface area contributed by atoms with Crippen LogP contribution in [0.2, 0.25) is 5.02 Å². The number of rotatable bonds is 7. The standard InChI is InChI=1S/C23H22ClNO5S2/c1-5-29-18-10-15(9-16(24)21(18)30-12-20(26)28-4)11-19-22(27)25(23(31)32-19)17-7-6-13(2)8-14(17)3/h6-11H,5,12H2,1-4H3/b19-11+. The summed E-state index contributed by atoms with van der Waals surface area (Å²) in [5.74, 6) is -0.145. The summed E-state index contributed by atoms with van der Waals surface area (Å²) in [7, 11) is 1.27. The van der Waals surface area contributed by atoms with E-state index in [9.17, 15) is 9.59 Å². The van der Waals surface area contributed by atoms with Gasteiger partial charge in [0.1, 0.15) is 0 Å². The largest absolute Gasteiger partial charge is 0.490 e. The summed E-state index contributed by atoms with van der Waals surface area (Å²) in [5.41, 5.74) is 3.49. The second-order valence-electron chi connectivity index (χ2n) is 6.93. The van der Waals surface area contributed by atoms with Gasteiger partial charge >= 0.3 is 5.97 Å². The molecule has 6 nitrogen and oxygen atoms in total. The lowest BCUT2D eigenvalue weighted by Gasteiger charge is -2.17. The highest BCUT2D eigenvalue weighted by Gasteiger charge is 2.34. The van der Waals surface area contributed by atoms with Gasteiger partial charge in [0.2, 0.25) is 0 Å². The number of carbonyl (C=O) groups is 2. The fourth-order valence-corrected chi connectivity index (χ4v) is 4.71. The van der Waals surface area contributed by atoms with E-state index in [2.05, 4.69) is 4.74 Å². The van der Waals surface area contributed by atoms with E-state index in [0.717, 1.165) is 16.8 Å². The molecule has 1 aliphatic rings. The Morgan fingerprint density at radius 3 is 2.62 bits per heavy atom. The van der Waals surface area contributed by atoms with Crippen LogP contribution in [0.1, 0.15) is 23.6 Å². The number of nitrogens with zero attached hydrogens (tertiary/aromatic N) is 1. The highest BCUT2D eigenvalue weighted by Crippen LogP contribution is 2.40. The minimum Gasteiger partial charge on any atom is -0.490 e. The molecular weight excluding hydrogens is 470 g/mol. The molecule has 0 aliphatic carbocycles. The Hall–Kier alpha value is -2.55. The summed E-state index contributed by atoms with van der Waals surface area (Å²) >= 11 is 13.1. The van der Waals surface area contributed by atoms with Crippen LogP contribution in [0.25, 0.3) is 6.08 Å². The molecule has 9 heteroatoms. The van der Waals surface area contributed by atoms with Gasteiger partial charge in [0.15, 0.2) is 22.4 Å². The van der Waals surface area contributed by atoms with Crippen LogP contribution in [0.4, 0.5) is 5.69 Å². The molecule has 0 spiro atoms. The fraction of sp³-hybridized carbons (Fsp3) is 0.261. The number of ether oxygens (including phenoxy) is 3. The zero-order valence-electron chi connectivity index (χ0n) is 18.1. The van der Waals surface area contributed by atoms with Crippen LogP contribution >= 0.6 is 35.6 Å². The molecule has 1 saturated heterocycles. The number of carbonyl (C=O) groups excluding carboxylic acids is 2. The maximum atomic E-state index is 13.1. The van der Waals surface area contributed by atoms with Crippen molar-refractivity contribution >= 4 is 63.5 Å². The number of thioether (sulfide) groups is 1. The van der Waals surface area contributed by atoms with Crippen molar-refractivity contribution in [3.8, 4) is 11.5 Å². The first-order chi connectivity index (χ1) is 15.2. The zero-order valence-corrected chi connectivity index (χ0v) is 20.5. The van der Waals surface area contributed by atoms with Gasteiger partial charge in [-0.25, -0.2) is 4.79 Å². The van der Waals surface area contributed by atoms with E-state index in [-0.39, 0.29) is 23.3 Å². The Morgan fingerprint density at radius 1 is 1.22 bits per heavy atom.